The van der Waals surface area contributed by atoms with Crippen molar-refractivity contribution < 1.29 is 31.9 Å². The van der Waals surface area contributed by atoms with E-state index in [9.17, 15) is 27.2 Å². The molecule has 4 saturated heterocycles. The summed E-state index contributed by atoms with van der Waals surface area (Å²) in [4.78, 5) is 38.6. The lowest BCUT2D eigenvalue weighted by molar-refractivity contribution is -0.140. The number of rotatable bonds is 3. The monoisotopic (exact) mass is 505 g/mol. The Bertz CT molecular complexity index is 1210. The number of alkyl halides is 1. The summed E-state index contributed by atoms with van der Waals surface area (Å²) in [5.41, 5.74) is -1.08. The Balaban J connectivity index is 1.17. The van der Waals surface area contributed by atoms with Gasteiger partial charge in [-0.15, -0.1) is 0 Å². The van der Waals surface area contributed by atoms with Gasteiger partial charge in [-0.25, -0.2) is 27.5 Å². The first kappa shape index (κ1) is 23.1. The molecule has 4 aliphatic rings. The number of benzene rings is 1. The highest BCUT2D eigenvalue weighted by Crippen LogP contribution is 2.48. The molecule has 12 heteroatoms. The molecule has 36 heavy (non-hydrogen) atoms. The Labute approximate surface area is 203 Å². The topological polar surface area (TPSA) is 78.9 Å². The van der Waals surface area contributed by atoms with Gasteiger partial charge in [0.1, 0.15) is 24.0 Å². The minimum Gasteiger partial charge on any atom is -0.342 e. The van der Waals surface area contributed by atoms with Gasteiger partial charge in [-0.05, 0) is 30.5 Å². The number of piperidine rings is 1. The lowest BCUT2D eigenvalue weighted by Crippen LogP contribution is -2.52. The second-order valence-electron chi connectivity index (χ2n) is 9.74. The molecule has 1 aromatic carbocycles. The number of likely N-dealkylation sites (tertiary alicyclic amines) is 1. The van der Waals surface area contributed by atoms with Gasteiger partial charge in [0.15, 0.2) is 17.1 Å². The van der Waals surface area contributed by atoms with Crippen molar-refractivity contribution in [3.63, 3.8) is 0 Å². The standard InChI is InChI=1S/C24H23F4N5O3/c25-14-7-13(8-15(26)9-14)18-1-2-19-33(18)22(35)24(36-19)3-5-31(6-4-24)23-29-10-17(28)20(30-23)21(34)32-11-16(27)12-32/h7-10,16,18-19H,1-6,11-12H2. The average molecular weight is 505 g/mol. The molecular weight excluding hydrogens is 482 g/mol. The van der Waals surface area contributed by atoms with Crippen LogP contribution in [0.15, 0.2) is 24.4 Å². The van der Waals surface area contributed by atoms with Crippen molar-refractivity contribution in [2.45, 2.75) is 49.7 Å². The van der Waals surface area contributed by atoms with Crippen LogP contribution in [0.1, 0.15) is 47.8 Å². The maximum atomic E-state index is 14.3. The number of amides is 2. The average Bonchev–Trinajstić information content (AvgIpc) is 3.35. The van der Waals surface area contributed by atoms with Crippen LogP contribution in [0.25, 0.3) is 0 Å². The van der Waals surface area contributed by atoms with Crippen LogP contribution in [0.5, 0.6) is 0 Å². The molecule has 1 aromatic heterocycles. The summed E-state index contributed by atoms with van der Waals surface area (Å²) in [5.74, 6) is -3.03. The maximum absolute atomic E-state index is 14.3. The third kappa shape index (κ3) is 3.69. The molecule has 2 unspecified atom stereocenters. The Morgan fingerprint density at radius 1 is 1.06 bits per heavy atom. The van der Waals surface area contributed by atoms with Gasteiger partial charge >= 0.3 is 0 Å². The van der Waals surface area contributed by atoms with E-state index in [2.05, 4.69) is 9.97 Å². The minimum atomic E-state index is -1.12. The highest BCUT2D eigenvalue weighted by Gasteiger charge is 2.58. The van der Waals surface area contributed by atoms with Crippen molar-refractivity contribution in [2.75, 3.05) is 31.1 Å². The molecule has 0 bridgehead atoms. The molecule has 2 atom stereocenters. The van der Waals surface area contributed by atoms with Crippen molar-refractivity contribution in [3.8, 4) is 0 Å². The fourth-order valence-electron chi connectivity index (χ4n) is 5.61. The van der Waals surface area contributed by atoms with Crippen LogP contribution in [0.3, 0.4) is 0 Å². The van der Waals surface area contributed by atoms with Gasteiger partial charge in [0, 0.05) is 32.0 Å². The van der Waals surface area contributed by atoms with Gasteiger partial charge in [-0.1, -0.05) is 0 Å². The summed E-state index contributed by atoms with van der Waals surface area (Å²) >= 11 is 0. The number of hydrogen-bond acceptors (Lipinski definition) is 6. The van der Waals surface area contributed by atoms with E-state index in [1.165, 1.54) is 17.0 Å². The summed E-state index contributed by atoms with van der Waals surface area (Å²) in [6.07, 6.45) is 1.05. The lowest BCUT2D eigenvalue weighted by atomic mass is 9.89. The number of carbonyl (C=O) groups excluding carboxylic acids is 2. The van der Waals surface area contributed by atoms with E-state index in [0.29, 0.717) is 44.3 Å². The lowest BCUT2D eigenvalue weighted by Gasteiger charge is -2.38. The second-order valence-corrected chi connectivity index (χ2v) is 9.74. The van der Waals surface area contributed by atoms with E-state index in [1.807, 2.05) is 0 Å². The van der Waals surface area contributed by atoms with Crippen molar-refractivity contribution >= 4 is 17.8 Å². The van der Waals surface area contributed by atoms with Crippen molar-refractivity contribution in [3.05, 3.63) is 53.1 Å². The molecule has 190 valence electrons. The first-order chi connectivity index (χ1) is 17.2. The SMILES string of the molecule is O=C(c1nc(N2CCC3(CC2)OC2CCC(c4cc(F)cc(F)c4)N2C3=O)ncc1F)N1CC(F)C1. The number of carbonyl (C=O) groups is 2. The van der Waals surface area contributed by atoms with Crippen molar-refractivity contribution in [1.29, 1.82) is 0 Å². The Kier molecular flexibility index (Phi) is 5.39. The Morgan fingerprint density at radius 2 is 1.75 bits per heavy atom. The van der Waals surface area contributed by atoms with Gasteiger partial charge in [0.25, 0.3) is 11.8 Å². The third-order valence-electron chi connectivity index (χ3n) is 7.50. The van der Waals surface area contributed by atoms with Crippen LogP contribution in [0, 0.1) is 17.5 Å². The zero-order valence-electron chi connectivity index (χ0n) is 19.2. The predicted octanol–water partition coefficient (Wildman–Crippen LogP) is 2.75. The Morgan fingerprint density at radius 3 is 2.42 bits per heavy atom. The number of halogens is 4. The highest BCUT2D eigenvalue weighted by atomic mass is 19.1. The normalized spacial score (nSPS) is 25.4. The fourth-order valence-corrected chi connectivity index (χ4v) is 5.61. The minimum absolute atomic E-state index is 0.0930. The molecule has 2 amide bonds. The largest absolute Gasteiger partial charge is 0.342 e. The molecule has 0 radical (unpaired) electrons. The van der Waals surface area contributed by atoms with E-state index in [0.717, 1.165) is 12.3 Å². The van der Waals surface area contributed by atoms with Crippen LogP contribution in [-0.2, 0) is 9.53 Å². The zero-order chi connectivity index (χ0) is 25.2. The number of aromatic nitrogens is 2. The van der Waals surface area contributed by atoms with E-state index >= 15 is 0 Å². The number of nitrogens with zero attached hydrogens (tertiary/aromatic N) is 5. The molecule has 8 nitrogen and oxygen atoms in total. The summed E-state index contributed by atoms with van der Waals surface area (Å²) in [5, 5.41) is 0. The summed E-state index contributed by atoms with van der Waals surface area (Å²) < 4.78 is 61.2. The highest BCUT2D eigenvalue weighted by molar-refractivity contribution is 5.93. The quantitative estimate of drug-likeness (QED) is 0.597. The number of anilines is 1. The van der Waals surface area contributed by atoms with Gasteiger partial charge in [0.2, 0.25) is 5.95 Å². The predicted molar refractivity (Wildman–Crippen MR) is 117 cm³/mol. The van der Waals surface area contributed by atoms with E-state index in [4.69, 9.17) is 4.74 Å². The maximum Gasteiger partial charge on any atom is 0.275 e. The van der Waals surface area contributed by atoms with Crippen LogP contribution < -0.4 is 4.90 Å². The molecule has 0 saturated carbocycles. The van der Waals surface area contributed by atoms with E-state index < -0.39 is 53.1 Å². The van der Waals surface area contributed by atoms with Crippen molar-refractivity contribution in [2.24, 2.45) is 0 Å². The molecule has 4 aliphatic heterocycles. The van der Waals surface area contributed by atoms with Crippen LogP contribution in [0.4, 0.5) is 23.5 Å². The van der Waals surface area contributed by atoms with Crippen LogP contribution in [0.2, 0.25) is 0 Å². The zero-order valence-corrected chi connectivity index (χ0v) is 19.2. The molecule has 1 spiro atoms. The molecule has 4 fully saturated rings. The summed E-state index contributed by atoms with van der Waals surface area (Å²) in [6.45, 7) is 0.455. The van der Waals surface area contributed by atoms with Gasteiger partial charge in [-0.2, -0.15) is 0 Å². The Hall–Kier alpha value is -3.28. The molecule has 0 N–H and O–H groups in total. The smallest absolute Gasteiger partial charge is 0.275 e. The summed E-state index contributed by atoms with van der Waals surface area (Å²) in [7, 11) is 0. The van der Waals surface area contributed by atoms with Crippen molar-refractivity contribution in [1.82, 2.24) is 19.8 Å². The third-order valence-corrected chi connectivity index (χ3v) is 7.50. The fraction of sp³-hybridized carbons (Fsp3) is 0.500. The first-order valence-electron chi connectivity index (χ1n) is 11.9. The molecule has 2 aromatic rings. The number of fused-ring (bicyclic) bond motifs is 1. The van der Waals surface area contributed by atoms with E-state index in [-0.39, 0.29) is 24.9 Å². The van der Waals surface area contributed by atoms with Gasteiger partial charge in [-0.3, -0.25) is 9.59 Å². The molecular formula is C24H23F4N5O3. The molecule has 0 aliphatic carbocycles. The molecule has 6 rings (SSSR count). The summed E-state index contributed by atoms with van der Waals surface area (Å²) in [6, 6.07) is 2.82. The second kappa shape index (κ2) is 8.39. The number of hydrogen-bond donors (Lipinski definition) is 0. The van der Waals surface area contributed by atoms with Gasteiger partial charge in [0.05, 0.1) is 25.3 Å². The van der Waals surface area contributed by atoms with E-state index in [1.54, 1.807) is 9.80 Å². The van der Waals surface area contributed by atoms with Crippen LogP contribution >= 0.6 is 0 Å². The van der Waals surface area contributed by atoms with Gasteiger partial charge < -0.3 is 19.4 Å². The van der Waals surface area contributed by atoms with Crippen LogP contribution in [-0.4, -0.2) is 75.8 Å². The first-order valence-corrected chi connectivity index (χ1v) is 11.9. The number of ether oxygens (including phenoxy) is 1. The molecule has 5 heterocycles.